The van der Waals surface area contributed by atoms with Crippen molar-refractivity contribution in [1.82, 2.24) is 4.90 Å². The van der Waals surface area contributed by atoms with Gasteiger partial charge in [0.15, 0.2) is 5.78 Å². The Kier molecular flexibility index (Phi) is 6.11. The number of halogens is 1. The number of amides is 2. The number of carbonyl (C=O) groups is 3. The predicted molar refractivity (Wildman–Crippen MR) is 104 cm³/mol. The van der Waals surface area contributed by atoms with Crippen LogP contribution in [0.3, 0.4) is 0 Å². The van der Waals surface area contributed by atoms with Gasteiger partial charge < -0.3 is 5.32 Å². The molecular weight excluding hydrogens is 404 g/mol. The van der Waals surface area contributed by atoms with Crippen LogP contribution in [0.5, 0.6) is 0 Å². The van der Waals surface area contributed by atoms with Gasteiger partial charge in [0.05, 0.1) is 10.8 Å². The number of nitrogens with one attached hydrogen (secondary N) is 1. The smallest absolute Gasteiger partial charge is 0.244 e. The van der Waals surface area contributed by atoms with Gasteiger partial charge in [-0.05, 0) is 30.7 Å². The molecule has 2 amide bonds. The minimum atomic E-state index is -0.526. The Balaban J connectivity index is 2.11. The summed E-state index contributed by atoms with van der Waals surface area (Å²) >= 11 is 4.67. The fourth-order valence-electron chi connectivity index (χ4n) is 2.13. The molecule has 1 aromatic rings. The van der Waals surface area contributed by atoms with Crippen LogP contribution in [0.2, 0.25) is 0 Å². The molecule has 0 aliphatic carbocycles. The average molecular weight is 425 g/mol. The zero-order chi connectivity index (χ0) is 18.8. The highest BCUT2D eigenvalue weighted by atomic mass is 79.9. The number of rotatable bonds is 4. The maximum atomic E-state index is 12.3. The molecule has 1 N–H and O–H groups in total. The van der Waals surface area contributed by atoms with Crippen LogP contribution in [0.15, 0.2) is 33.8 Å². The molecule has 5 nitrogen and oxygen atoms in total. The molecule has 0 bridgehead atoms. The summed E-state index contributed by atoms with van der Waals surface area (Å²) in [6.07, 6.45) is 1.47. The van der Waals surface area contributed by atoms with Gasteiger partial charge in [0, 0.05) is 21.7 Å². The van der Waals surface area contributed by atoms with E-state index in [9.17, 15) is 14.4 Å². The third-order valence-electron chi connectivity index (χ3n) is 3.67. The lowest BCUT2D eigenvalue weighted by Gasteiger charge is -2.19. The van der Waals surface area contributed by atoms with Crippen molar-refractivity contribution < 1.29 is 14.4 Å². The largest absolute Gasteiger partial charge is 0.324 e. The standard InChI is InChI=1S/C18H21BrN2O3S/c1-11-7-12(19)5-6-13(11)20-15(23)9-21-16(24)10-25-17(21)8-14(22)18(2,3)4/h5-8H,9-10H2,1-4H3,(H,20,23)/b17-8-. The first-order chi connectivity index (χ1) is 11.6. The number of hydrogen-bond acceptors (Lipinski definition) is 4. The fraction of sp³-hybridized carbons (Fsp3) is 0.389. The summed E-state index contributed by atoms with van der Waals surface area (Å²) in [5.41, 5.74) is 1.09. The van der Waals surface area contributed by atoms with Crippen LogP contribution in [0.25, 0.3) is 0 Å². The summed E-state index contributed by atoms with van der Waals surface area (Å²) in [4.78, 5) is 38.0. The molecule has 1 fully saturated rings. The molecule has 0 aromatic heterocycles. The molecule has 1 aliphatic heterocycles. The molecule has 1 aromatic carbocycles. The van der Waals surface area contributed by atoms with Gasteiger partial charge in [0.25, 0.3) is 0 Å². The Morgan fingerprint density at radius 2 is 2.04 bits per heavy atom. The number of thioether (sulfide) groups is 1. The van der Waals surface area contributed by atoms with Crippen LogP contribution in [-0.2, 0) is 14.4 Å². The SMILES string of the molecule is Cc1cc(Br)ccc1NC(=O)CN1C(=O)CS/C1=C\C(=O)C(C)(C)C. The number of aryl methyl sites for hydroxylation is 1. The minimum Gasteiger partial charge on any atom is -0.324 e. The van der Waals surface area contributed by atoms with Crippen LogP contribution in [0.4, 0.5) is 5.69 Å². The van der Waals surface area contributed by atoms with E-state index >= 15 is 0 Å². The molecule has 0 radical (unpaired) electrons. The summed E-state index contributed by atoms with van der Waals surface area (Å²) in [6, 6.07) is 5.55. The van der Waals surface area contributed by atoms with Crippen LogP contribution < -0.4 is 5.32 Å². The summed E-state index contributed by atoms with van der Waals surface area (Å²) in [5, 5.41) is 3.35. The van der Waals surface area contributed by atoms with Crippen molar-refractivity contribution in [3.63, 3.8) is 0 Å². The van der Waals surface area contributed by atoms with Crippen LogP contribution in [0.1, 0.15) is 26.3 Å². The van der Waals surface area contributed by atoms with E-state index in [-0.39, 0.29) is 29.9 Å². The van der Waals surface area contributed by atoms with E-state index in [2.05, 4.69) is 21.2 Å². The van der Waals surface area contributed by atoms with Gasteiger partial charge in [-0.1, -0.05) is 48.5 Å². The first-order valence-electron chi connectivity index (χ1n) is 7.83. The molecule has 1 heterocycles. The third-order valence-corrected chi connectivity index (χ3v) is 5.19. The number of nitrogens with zero attached hydrogens (tertiary/aromatic N) is 1. The van der Waals surface area contributed by atoms with Gasteiger partial charge in [-0.25, -0.2) is 0 Å². The van der Waals surface area contributed by atoms with E-state index in [0.717, 1.165) is 10.0 Å². The van der Waals surface area contributed by atoms with E-state index in [1.165, 1.54) is 22.7 Å². The van der Waals surface area contributed by atoms with Crippen LogP contribution >= 0.6 is 27.7 Å². The summed E-state index contributed by atoms with van der Waals surface area (Å²) < 4.78 is 0.931. The zero-order valence-electron chi connectivity index (χ0n) is 14.7. The monoisotopic (exact) mass is 424 g/mol. The summed E-state index contributed by atoms with van der Waals surface area (Å²) in [7, 11) is 0. The normalized spacial score (nSPS) is 16.4. The molecule has 2 rings (SSSR count). The van der Waals surface area contributed by atoms with Crippen molar-refractivity contribution in [2.75, 3.05) is 17.6 Å². The number of allylic oxidation sites excluding steroid dienone is 1. The van der Waals surface area contributed by atoms with E-state index in [4.69, 9.17) is 0 Å². The Hall–Kier alpha value is -1.60. The van der Waals surface area contributed by atoms with Gasteiger partial charge in [0.1, 0.15) is 6.54 Å². The fourth-order valence-corrected chi connectivity index (χ4v) is 3.54. The topological polar surface area (TPSA) is 66.5 Å². The van der Waals surface area contributed by atoms with Gasteiger partial charge >= 0.3 is 0 Å². The zero-order valence-corrected chi connectivity index (χ0v) is 17.1. The number of ketones is 1. The van der Waals surface area contributed by atoms with E-state index in [0.29, 0.717) is 10.7 Å². The third kappa shape index (κ3) is 5.19. The van der Waals surface area contributed by atoms with Gasteiger partial charge in [-0.2, -0.15) is 0 Å². The lowest BCUT2D eigenvalue weighted by molar-refractivity contribution is -0.129. The number of anilines is 1. The van der Waals surface area contributed by atoms with Gasteiger partial charge in [-0.3, -0.25) is 19.3 Å². The maximum absolute atomic E-state index is 12.3. The highest BCUT2D eigenvalue weighted by Crippen LogP contribution is 2.30. The lowest BCUT2D eigenvalue weighted by Crippen LogP contribution is -2.34. The highest BCUT2D eigenvalue weighted by Gasteiger charge is 2.30. The molecule has 0 saturated carbocycles. The second kappa shape index (κ2) is 7.74. The maximum Gasteiger partial charge on any atom is 0.244 e. The number of carbonyl (C=O) groups excluding carboxylic acids is 3. The molecule has 7 heteroatoms. The van der Waals surface area contributed by atoms with Crippen LogP contribution in [0, 0.1) is 12.3 Å². The van der Waals surface area contributed by atoms with E-state index in [1.54, 1.807) is 6.07 Å². The summed E-state index contributed by atoms with van der Waals surface area (Å²) in [6.45, 7) is 7.25. The van der Waals surface area contributed by atoms with Gasteiger partial charge in [0.2, 0.25) is 11.8 Å². The number of benzene rings is 1. The molecule has 1 aliphatic rings. The molecule has 0 atom stereocenters. The lowest BCUT2D eigenvalue weighted by atomic mass is 9.91. The van der Waals surface area contributed by atoms with Crippen LogP contribution in [-0.4, -0.2) is 34.8 Å². The molecule has 134 valence electrons. The first-order valence-corrected chi connectivity index (χ1v) is 9.61. The Labute approximate surface area is 160 Å². The van der Waals surface area contributed by atoms with Crippen molar-refractivity contribution in [3.8, 4) is 0 Å². The van der Waals surface area contributed by atoms with Crippen molar-refractivity contribution in [2.45, 2.75) is 27.7 Å². The van der Waals surface area contributed by atoms with Gasteiger partial charge in [-0.15, -0.1) is 0 Å². The van der Waals surface area contributed by atoms with Crippen molar-refractivity contribution in [3.05, 3.63) is 39.3 Å². The highest BCUT2D eigenvalue weighted by molar-refractivity contribution is 9.10. The Morgan fingerprint density at radius 1 is 1.36 bits per heavy atom. The van der Waals surface area contributed by atoms with Crippen molar-refractivity contribution in [2.24, 2.45) is 5.41 Å². The minimum absolute atomic E-state index is 0.0705. The second-order valence-corrected chi connectivity index (χ2v) is 8.78. The predicted octanol–water partition coefficient (Wildman–Crippen LogP) is 3.73. The molecule has 0 spiro atoms. The molecule has 1 saturated heterocycles. The van der Waals surface area contributed by atoms with E-state index < -0.39 is 5.41 Å². The Bertz CT molecular complexity index is 753. The van der Waals surface area contributed by atoms with Crippen molar-refractivity contribution >= 4 is 51.0 Å². The molecule has 0 unspecified atom stereocenters. The summed E-state index contributed by atoms with van der Waals surface area (Å²) in [5.74, 6) is -0.289. The van der Waals surface area contributed by atoms with Crippen molar-refractivity contribution in [1.29, 1.82) is 0 Å². The molecule has 25 heavy (non-hydrogen) atoms. The number of hydrogen-bond donors (Lipinski definition) is 1. The Morgan fingerprint density at radius 3 is 2.64 bits per heavy atom. The molecular formula is C18H21BrN2O3S. The second-order valence-electron chi connectivity index (χ2n) is 6.87. The quantitative estimate of drug-likeness (QED) is 0.747. The van der Waals surface area contributed by atoms with E-state index in [1.807, 2.05) is 39.8 Å². The first kappa shape index (κ1) is 19.7. The average Bonchev–Trinajstić information content (AvgIpc) is 2.82.